The van der Waals surface area contributed by atoms with Gasteiger partial charge < -0.3 is 10.6 Å². The van der Waals surface area contributed by atoms with Crippen LogP contribution in [0.15, 0.2) is 6.20 Å². The molecule has 4 nitrogen and oxygen atoms in total. The number of aromatic nitrogens is 1. The molecular formula is C13H17N3O. The molecule has 0 saturated carbocycles. The predicted octanol–water partition coefficient (Wildman–Crippen LogP) is 0.678. The lowest BCUT2D eigenvalue weighted by Gasteiger charge is -2.25. The van der Waals surface area contributed by atoms with Crippen LogP contribution in [-0.2, 0) is 30.7 Å². The van der Waals surface area contributed by atoms with E-state index in [4.69, 9.17) is 0 Å². The Morgan fingerprint density at radius 3 is 3.18 bits per heavy atom. The van der Waals surface area contributed by atoms with Crippen molar-refractivity contribution in [2.45, 2.75) is 45.3 Å². The minimum Gasteiger partial charge on any atom is -0.353 e. The number of nitrogens with zero attached hydrogens (tertiary/aromatic N) is 1. The van der Waals surface area contributed by atoms with Crippen LogP contribution in [0.3, 0.4) is 0 Å². The molecule has 0 radical (unpaired) electrons. The van der Waals surface area contributed by atoms with Gasteiger partial charge in [-0.3, -0.25) is 9.78 Å². The predicted molar refractivity (Wildman–Crippen MR) is 64.4 cm³/mol. The Labute approximate surface area is 101 Å². The fourth-order valence-corrected chi connectivity index (χ4v) is 2.91. The van der Waals surface area contributed by atoms with Gasteiger partial charge in [0.2, 0.25) is 5.91 Å². The van der Waals surface area contributed by atoms with Crippen LogP contribution in [0.5, 0.6) is 0 Å². The molecule has 1 amide bonds. The Morgan fingerprint density at radius 1 is 1.47 bits per heavy atom. The van der Waals surface area contributed by atoms with E-state index in [-0.39, 0.29) is 11.9 Å². The molecule has 0 bridgehead atoms. The number of rotatable bonds is 1. The van der Waals surface area contributed by atoms with Crippen LogP contribution in [0.4, 0.5) is 0 Å². The Hall–Kier alpha value is -1.42. The third kappa shape index (κ3) is 1.93. The zero-order chi connectivity index (χ0) is 11.8. The highest BCUT2D eigenvalue weighted by Gasteiger charge is 2.25. The summed E-state index contributed by atoms with van der Waals surface area (Å²) in [6.07, 6.45) is 4.94. The molecule has 3 rings (SSSR count). The van der Waals surface area contributed by atoms with E-state index < -0.39 is 0 Å². The van der Waals surface area contributed by atoms with E-state index in [9.17, 15) is 4.79 Å². The lowest BCUT2D eigenvalue weighted by molar-refractivity contribution is -0.119. The largest absolute Gasteiger partial charge is 0.353 e. The number of carbonyl (C=O) groups excluding carboxylic acids is 1. The fourth-order valence-electron chi connectivity index (χ4n) is 2.91. The van der Waals surface area contributed by atoms with Crippen LogP contribution in [0.25, 0.3) is 0 Å². The van der Waals surface area contributed by atoms with Gasteiger partial charge in [0.05, 0.1) is 0 Å². The molecule has 0 fully saturated rings. The second-order valence-electron chi connectivity index (χ2n) is 4.93. The number of carbonyl (C=O) groups is 1. The van der Waals surface area contributed by atoms with E-state index in [0.29, 0.717) is 0 Å². The van der Waals surface area contributed by atoms with Gasteiger partial charge in [-0.05, 0) is 29.5 Å². The van der Waals surface area contributed by atoms with E-state index >= 15 is 0 Å². The van der Waals surface area contributed by atoms with E-state index in [1.165, 1.54) is 22.4 Å². The standard InChI is InChI=1S/C13H17N3O/c1-8(17)16-10-2-3-11-12-7-14-5-9(12)6-15-13(11)4-10/h6,10,14H,2-5,7H2,1H3,(H,16,17). The molecule has 17 heavy (non-hydrogen) atoms. The molecule has 0 spiro atoms. The average molecular weight is 231 g/mol. The van der Waals surface area contributed by atoms with Gasteiger partial charge in [-0.1, -0.05) is 0 Å². The van der Waals surface area contributed by atoms with E-state index in [0.717, 1.165) is 32.4 Å². The highest BCUT2D eigenvalue weighted by Crippen LogP contribution is 2.27. The van der Waals surface area contributed by atoms with Crippen molar-refractivity contribution in [3.05, 3.63) is 28.6 Å². The van der Waals surface area contributed by atoms with Crippen LogP contribution in [-0.4, -0.2) is 16.9 Å². The number of nitrogens with one attached hydrogen (secondary N) is 2. The van der Waals surface area contributed by atoms with E-state index in [2.05, 4.69) is 15.6 Å². The quantitative estimate of drug-likeness (QED) is 0.747. The highest BCUT2D eigenvalue weighted by atomic mass is 16.1. The SMILES string of the molecule is CC(=O)NC1CCc2c(ncc3c2CNC3)C1. The molecular weight excluding hydrogens is 214 g/mol. The summed E-state index contributed by atoms with van der Waals surface area (Å²) in [6, 6.07) is 0.264. The first-order chi connectivity index (χ1) is 8.24. The minimum atomic E-state index is 0.0567. The van der Waals surface area contributed by atoms with Gasteiger partial charge in [0.15, 0.2) is 0 Å². The zero-order valence-electron chi connectivity index (χ0n) is 10.0. The Kier molecular flexibility index (Phi) is 2.59. The van der Waals surface area contributed by atoms with Gasteiger partial charge >= 0.3 is 0 Å². The molecule has 2 N–H and O–H groups in total. The van der Waals surface area contributed by atoms with Crippen molar-refractivity contribution in [1.82, 2.24) is 15.6 Å². The number of amides is 1. The van der Waals surface area contributed by atoms with Crippen molar-refractivity contribution >= 4 is 5.91 Å². The molecule has 4 heteroatoms. The number of fused-ring (bicyclic) bond motifs is 3. The van der Waals surface area contributed by atoms with Crippen LogP contribution in [0, 0.1) is 0 Å². The normalized spacial score (nSPS) is 21.8. The van der Waals surface area contributed by atoms with Crippen LogP contribution >= 0.6 is 0 Å². The third-order valence-corrected chi connectivity index (χ3v) is 3.68. The van der Waals surface area contributed by atoms with Crippen molar-refractivity contribution < 1.29 is 4.79 Å². The molecule has 0 aromatic carbocycles. The molecule has 1 aromatic rings. The molecule has 1 aliphatic heterocycles. The Bertz CT molecular complexity index is 470. The number of hydrogen-bond acceptors (Lipinski definition) is 3. The topological polar surface area (TPSA) is 54.0 Å². The first-order valence-electron chi connectivity index (χ1n) is 6.20. The number of pyridine rings is 1. The third-order valence-electron chi connectivity index (χ3n) is 3.68. The maximum absolute atomic E-state index is 11.1. The molecule has 1 aliphatic carbocycles. The highest BCUT2D eigenvalue weighted by molar-refractivity contribution is 5.73. The Balaban J connectivity index is 1.87. The van der Waals surface area contributed by atoms with E-state index in [1.54, 1.807) is 6.92 Å². The van der Waals surface area contributed by atoms with Crippen molar-refractivity contribution in [2.75, 3.05) is 0 Å². The zero-order valence-corrected chi connectivity index (χ0v) is 10.0. The summed E-state index contributed by atoms with van der Waals surface area (Å²) in [5, 5.41) is 6.37. The van der Waals surface area contributed by atoms with Gasteiger partial charge in [-0.25, -0.2) is 0 Å². The lowest BCUT2D eigenvalue weighted by atomic mass is 9.88. The van der Waals surface area contributed by atoms with Crippen molar-refractivity contribution in [3.8, 4) is 0 Å². The van der Waals surface area contributed by atoms with Crippen molar-refractivity contribution in [2.24, 2.45) is 0 Å². The summed E-state index contributed by atoms with van der Waals surface area (Å²) in [5.74, 6) is 0.0567. The molecule has 2 aliphatic rings. The first-order valence-corrected chi connectivity index (χ1v) is 6.20. The summed E-state index contributed by atoms with van der Waals surface area (Å²) in [4.78, 5) is 15.6. The van der Waals surface area contributed by atoms with Gasteiger partial charge in [0.25, 0.3) is 0 Å². The second-order valence-corrected chi connectivity index (χ2v) is 4.93. The van der Waals surface area contributed by atoms with Gasteiger partial charge in [-0.2, -0.15) is 0 Å². The molecule has 1 unspecified atom stereocenters. The van der Waals surface area contributed by atoms with Gasteiger partial charge in [-0.15, -0.1) is 0 Å². The molecule has 2 heterocycles. The van der Waals surface area contributed by atoms with Crippen LogP contribution in [0.2, 0.25) is 0 Å². The van der Waals surface area contributed by atoms with Crippen LogP contribution < -0.4 is 10.6 Å². The summed E-state index contributed by atoms with van der Waals surface area (Å²) in [7, 11) is 0. The Morgan fingerprint density at radius 2 is 2.35 bits per heavy atom. The monoisotopic (exact) mass is 231 g/mol. The summed E-state index contributed by atoms with van der Waals surface area (Å²) in [6.45, 7) is 3.51. The number of hydrogen-bond donors (Lipinski definition) is 2. The van der Waals surface area contributed by atoms with Crippen molar-refractivity contribution in [3.63, 3.8) is 0 Å². The van der Waals surface area contributed by atoms with Gasteiger partial charge in [0, 0.05) is 44.4 Å². The van der Waals surface area contributed by atoms with E-state index in [1.807, 2.05) is 6.20 Å². The fraction of sp³-hybridized carbons (Fsp3) is 0.538. The smallest absolute Gasteiger partial charge is 0.217 e. The second kappa shape index (κ2) is 4.11. The maximum atomic E-state index is 11.1. The minimum absolute atomic E-state index is 0.0567. The molecule has 90 valence electrons. The summed E-state index contributed by atoms with van der Waals surface area (Å²) >= 11 is 0. The molecule has 0 saturated heterocycles. The summed E-state index contributed by atoms with van der Waals surface area (Å²) in [5.41, 5.74) is 5.41. The van der Waals surface area contributed by atoms with Crippen molar-refractivity contribution in [1.29, 1.82) is 0 Å². The average Bonchev–Trinajstić information content (AvgIpc) is 2.76. The molecule has 1 aromatic heterocycles. The van der Waals surface area contributed by atoms with Gasteiger partial charge in [0.1, 0.15) is 0 Å². The lowest BCUT2D eigenvalue weighted by Crippen LogP contribution is -2.38. The molecule has 1 atom stereocenters. The van der Waals surface area contributed by atoms with Crippen LogP contribution in [0.1, 0.15) is 35.7 Å². The maximum Gasteiger partial charge on any atom is 0.217 e. The summed E-state index contributed by atoms with van der Waals surface area (Å²) < 4.78 is 0. The first kappa shape index (κ1) is 10.7.